The Morgan fingerprint density at radius 2 is 2.53 bits per heavy atom. The number of aryl methyl sites for hydroxylation is 1. The van der Waals surface area contributed by atoms with Crippen LogP contribution in [-0.2, 0) is 16.1 Å². The maximum atomic E-state index is 11.2. The molecule has 0 fully saturated rings. The summed E-state index contributed by atoms with van der Waals surface area (Å²) in [5, 5.41) is 6.38. The largest absolute Gasteiger partial charge is 0.370 e. The van der Waals surface area contributed by atoms with E-state index in [1.807, 2.05) is 0 Å². The predicted octanol–water partition coefficient (Wildman–Crippen LogP) is -0.425. The van der Waals surface area contributed by atoms with Crippen LogP contribution in [0, 0.1) is 6.92 Å². The van der Waals surface area contributed by atoms with Gasteiger partial charge in [0.15, 0.2) is 0 Å². The monoisotopic (exact) mass is 213 g/mol. The molecule has 3 N–H and O–H groups in total. The smallest absolute Gasteiger partial charge is 0.246 e. The van der Waals surface area contributed by atoms with E-state index in [1.165, 1.54) is 0 Å². The molecule has 0 saturated carbocycles. The Hall–Kier alpha value is -1.40. The average Bonchev–Trinajstić information content (AvgIpc) is 2.62. The molecular weight excluding hydrogens is 198 g/mol. The molecule has 15 heavy (non-hydrogen) atoms. The summed E-state index contributed by atoms with van der Waals surface area (Å²) in [6.45, 7) is 2.96. The molecule has 0 saturated heterocycles. The zero-order chi connectivity index (χ0) is 11.1. The quantitative estimate of drug-likeness (QED) is 0.626. The Morgan fingerprint density at radius 1 is 1.73 bits per heavy atom. The van der Waals surface area contributed by atoms with E-state index in [0.717, 1.165) is 5.76 Å². The molecule has 1 rings (SSSR count). The number of ether oxygens (including phenoxy) is 1. The van der Waals surface area contributed by atoms with Gasteiger partial charge in [-0.3, -0.25) is 4.79 Å². The first-order valence-electron chi connectivity index (χ1n) is 4.69. The van der Waals surface area contributed by atoms with Crippen molar-refractivity contribution < 1.29 is 14.1 Å². The number of hydrogen-bond acceptors (Lipinski definition) is 5. The number of carbonyl (C=O) groups is 1. The first-order valence-corrected chi connectivity index (χ1v) is 4.69. The standard InChI is InChI=1S/C9H15N3O3/c1-7-4-8(12-15-7)5-11-9(13)6-14-3-2-10/h4H,2-3,5-6,10H2,1H3,(H,11,13). The van der Waals surface area contributed by atoms with Gasteiger partial charge in [-0.2, -0.15) is 0 Å². The topological polar surface area (TPSA) is 90.4 Å². The number of hydrogen-bond donors (Lipinski definition) is 2. The number of nitrogens with one attached hydrogen (secondary N) is 1. The third kappa shape index (κ3) is 4.57. The minimum atomic E-state index is -0.191. The van der Waals surface area contributed by atoms with Gasteiger partial charge in [0.2, 0.25) is 5.91 Å². The number of carbonyl (C=O) groups excluding carboxylic acids is 1. The predicted molar refractivity (Wildman–Crippen MR) is 53.0 cm³/mol. The number of nitrogens with two attached hydrogens (primary N) is 1. The fourth-order valence-corrected chi connectivity index (χ4v) is 0.990. The van der Waals surface area contributed by atoms with Crippen LogP contribution in [0.5, 0.6) is 0 Å². The number of rotatable bonds is 6. The normalized spacial score (nSPS) is 10.3. The van der Waals surface area contributed by atoms with E-state index < -0.39 is 0 Å². The summed E-state index contributed by atoms with van der Waals surface area (Å²) in [5.74, 6) is 0.530. The molecule has 1 aromatic heterocycles. The van der Waals surface area contributed by atoms with E-state index in [0.29, 0.717) is 25.4 Å². The lowest BCUT2D eigenvalue weighted by molar-refractivity contribution is -0.125. The third-order valence-electron chi connectivity index (χ3n) is 1.64. The number of aromatic nitrogens is 1. The summed E-state index contributed by atoms with van der Waals surface area (Å²) in [5.41, 5.74) is 5.90. The minimum Gasteiger partial charge on any atom is -0.370 e. The highest BCUT2D eigenvalue weighted by molar-refractivity contribution is 5.77. The van der Waals surface area contributed by atoms with Crippen LogP contribution in [0.2, 0.25) is 0 Å². The first-order chi connectivity index (χ1) is 7.22. The third-order valence-corrected chi connectivity index (χ3v) is 1.64. The fraction of sp³-hybridized carbons (Fsp3) is 0.556. The summed E-state index contributed by atoms with van der Waals surface area (Å²) in [4.78, 5) is 11.2. The van der Waals surface area contributed by atoms with Gasteiger partial charge in [0.1, 0.15) is 18.1 Å². The summed E-state index contributed by atoms with van der Waals surface area (Å²) in [6, 6.07) is 1.76. The Kier molecular flexibility index (Phi) is 4.79. The highest BCUT2D eigenvalue weighted by atomic mass is 16.5. The lowest BCUT2D eigenvalue weighted by Crippen LogP contribution is -2.28. The van der Waals surface area contributed by atoms with Gasteiger partial charge in [0, 0.05) is 12.6 Å². The van der Waals surface area contributed by atoms with Gasteiger partial charge in [-0.1, -0.05) is 5.16 Å². The van der Waals surface area contributed by atoms with Crippen LogP contribution >= 0.6 is 0 Å². The minimum absolute atomic E-state index is 0.0219. The Balaban J connectivity index is 2.16. The summed E-state index contributed by atoms with van der Waals surface area (Å²) in [7, 11) is 0. The molecule has 0 aliphatic heterocycles. The number of amides is 1. The van der Waals surface area contributed by atoms with Gasteiger partial charge >= 0.3 is 0 Å². The van der Waals surface area contributed by atoms with Crippen molar-refractivity contribution in [3.63, 3.8) is 0 Å². The molecule has 0 aromatic carbocycles. The van der Waals surface area contributed by atoms with Gasteiger partial charge in [-0.25, -0.2) is 0 Å². The molecular formula is C9H15N3O3. The molecule has 0 bridgehead atoms. The molecule has 6 nitrogen and oxygen atoms in total. The van der Waals surface area contributed by atoms with E-state index in [4.69, 9.17) is 15.0 Å². The van der Waals surface area contributed by atoms with Crippen LogP contribution in [0.15, 0.2) is 10.6 Å². The highest BCUT2D eigenvalue weighted by Gasteiger charge is 2.03. The summed E-state index contributed by atoms with van der Waals surface area (Å²) in [6.07, 6.45) is 0. The van der Waals surface area contributed by atoms with Crippen LogP contribution in [0.4, 0.5) is 0 Å². The molecule has 0 radical (unpaired) electrons. The zero-order valence-electron chi connectivity index (χ0n) is 8.66. The van der Waals surface area contributed by atoms with Gasteiger partial charge < -0.3 is 20.3 Å². The highest BCUT2D eigenvalue weighted by Crippen LogP contribution is 2.00. The zero-order valence-corrected chi connectivity index (χ0v) is 8.66. The maximum absolute atomic E-state index is 11.2. The Labute approximate surface area is 87.8 Å². The van der Waals surface area contributed by atoms with Crippen LogP contribution in [0.3, 0.4) is 0 Å². The van der Waals surface area contributed by atoms with Crippen molar-refractivity contribution in [2.75, 3.05) is 19.8 Å². The molecule has 0 atom stereocenters. The molecule has 6 heteroatoms. The molecule has 1 amide bonds. The van der Waals surface area contributed by atoms with Crippen molar-refractivity contribution >= 4 is 5.91 Å². The average molecular weight is 213 g/mol. The SMILES string of the molecule is Cc1cc(CNC(=O)COCCN)no1. The van der Waals surface area contributed by atoms with Crippen molar-refractivity contribution in [2.24, 2.45) is 5.73 Å². The molecule has 0 unspecified atom stereocenters. The molecule has 0 aliphatic carbocycles. The van der Waals surface area contributed by atoms with Crippen molar-refractivity contribution in [3.8, 4) is 0 Å². The van der Waals surface area contributed by atoms with E-state index in [2.05, 4.69) is 10.5 Å². The maximum Gasteiger partial charge on any atom is 0.246 e. The second-order valence-corrected chi connectivity index (χ2v) is 3.05. The lowest BCUT2D eigenvalue weighted by atomic mass is 10.4. The van der Waals surface area contributed by atoms with Crippen molar-refractivity contribution in [1.29, 1.82) is 0 Å². The van der Waals surface area contributed by atoms with E-state index >= 15 is 0 Å². The van der Waals surface area contributed by atoms with Gasteiger partial charge in [0.05, 0.1) is 13.2 Å². The van der Waals surface area contributed by atoms with Crippen molar-refractivity contribution in [2.45, 2.75) is 13.5 Å². The summed E-state index contributed by atoms with van der Waals surface area (Å²) < 4.78 is 9.80. The Morgan fingerprint density at radius 3 is 3.13 bits per heavy atom. The molecule has 0 spiro atoms. The van der Waals surface area contributed by atoms with Crippen LogP contribution in [0.1, 0.15) is 11.5 Å². The van der Waals surface area contributed by atoms with Crippen LogP contribution < -0.4 is 11.1 Å². The summed E-state index contributed by atoms with van der Waals surface area (Å²) >= 11 is 0. The van der Waals surface area contributed by atoms with Gasteiger partial charge in [-0.15, -0.1) is 0 Å². The van der Waals surface area contributed by atoms with E-state index in [-0.39, 0.29) is 12.5 Å². The van der Waals surface area contributed by atoms with Gasteiger partial charge in [-0.05, 0) is 6.92 Å². The van der Waals surface area contributed by atoms with Crippen LogP contribution in [0.25, 0.3) is 0 Å². The molecule has 1 aromatic rings. The van der Waals surface area contributed by atoms with Crippen LogP contribution in [-0.4, -0.2) is 30.8 Å². The lowest BCUT2D eigenvalue weighted by Gasteiger charge is -2.02. The molecule has 84 valence electrons. The van der Waals surface area contributed by atoms with Gasteiger partial charge in [0.25, 0.3) is 0 Å². The van der Waals surface area contributed by atoms with E-state index in [1.54, 1.807) is 13.0 Å². The Bertz CT molecular complexity index is 311. The van der Waals surface area contributed by atoms with E-state index in [9.17, 15) is 4.79 Å². The first kappa shape index (κ1) is 11.7. The van der Waals surface area contributed by atoms with Crippen molar-refractivity contribution in [1.82, 2.24) is 10.5 Å². The fourth-order valence-electron chi connectivity index (χ4n) is 0.990. The van der Waals surface area contributed by atoms with Crippen molar-refractivity contribution in [3.05, 3.63) is 17.5 Å². The second-order valence-electron chi connectivity index (χ2n) is 3.05. The molecule has 1 heterocycles. The number of nitrogens with zero attached hydrogens (tertiary/aromatic N) is 1. The molecule has 0 aliphatic rings. The second kappa shape index (κ2) is 6.15.